The van der Waals surface area contributed by atoms with Gasteiger partial charge in [-0.3, -0.25) is 14.2 Å². The number of alkyl halides is 3. The summed E-state index contributed by atoms with van der Waals surface area (Å²) in [5, 5.41) is 10.9. The number of benzene rings is 1. The van der Waals surface area contributed by atoms with Crippen molar-refractivity contribution in [2.24, 2.45) is 0 Å². The minimum absolute atomic E-state index is 0.107. The molecule has 0 fully saturated rings. The van der Waals surface area contributed by atoms with Crippen LogP contribution in [0.25, 0.3) is 11.6 Å². The third-order valence-electron chi connectivity index (χ3n) is 3.95. The largest absolute Gasteiger partial charge is 0.461 e. The first-order valence-electron chi connectivity index (χ1n) is 9.00. The molecule has 0 atom stereocenters. The molecule has 1 aromatic carbocycles. The molecule has 3 aromatic rings. The predicted octanol–water partition coefficient (Wildman–Crippen LogP) is 3.85. The summed E-state index contributed by atoms with van der Waals surface area (Å²) in [6.45, 7) is 1.87. The van der Waals surface area contributed by atoms with Crippen LogP contribution in [0.5, 0.6) is 0 Å². The van der Waals surface area contributed by atoms with Crippen molar-refractivity contribution in [3.8, 4) is 11.6 Å². The number of rotatable bonds is 8. The predicted molar refractivity (Wildman–Crippen MR) is 105 cm³/mol. The summed E-state index contributed by atoms with van der Waals surface area (Å²) in [5.74, 6) is -0.361. The quantitative estimate of drug-likeness (QED) is 0.408. The van der Waals surface area contributed by atoms with E-state index in [-0.39, 0.29) is 11.4 Å². The minimum atomic E-state index is -4.46. The summed E-state index contributed by atoms with van der Waals surface area (Å²) in [7, 11) is 0. The number of nitrogens with one attached hydrogen (secondary N) is 1. The first-order valence-corrected chi connectivity index (χ1v) is 9.99. The van der Waals surface area contributed by atoms with Crippen LogP contribution in [-0.2, 0) is 27.0 Å². The summed E-state index contributed by atoms with van der Waals surface area (Å²) in [6.07, 6.45) is -2.94. The number of thioether (sulfide) groups is 1. The fourth-order valence-corrected chi connectivity index (χ4v) is 3.32. The second-order valence-corrected chi connectivity index (χ2v) is 7.04. The van der Waals surface area contributed by atoms with E-state index in [1.807, 2.05) is 6.92 Å². The zero-order valence-electron chi connectivity index (χ0n) is 16.2. The number of amides is 1. The average molecular weight is 454 g/mol. The highest BCUT2D eigenvalue weighted by Crippen LogP contribution is 2.29. The van der Waals surface area contributed by atoms with E-state index >= 15 is 0 Å². The number of esters is 1. The molecule has 0 spiro atoms. The molecule has 1 amide bonds. The van der Waals surface area contributed by atoms with Crippen molar-refractivity contribution in [3.63, 3.8) is 0 Å². The Morgan fingerprint density at radius 1 is 1.19 bits per heavy atom. The molecule has 1 N–H and O–H groups in total. The first-order chi connectivity index (χ1) is 14.8. The zero-order valence-corrected chi connectivity index (χ0v) is 17.0. The fourth-order valence-electron chi connectivity index (χ4n) is 2.52. The maximum atomic E-state index is 12.5. The number of ether oxygens (including phenoxy) is 1. The molecule has 164 valence electrons. The van der Waals surface area contributed by atoms with Gasteiger partial charge in [0.25, 0.3) is 5.91 Å². The van der Waals surface area contributed by atoms with Gasteiger partial charge in [-0.25, -0.2) is 0 Å². The Balaban J connectivity index is 1.47. The fraction of sp³-hybridized carbons (Fsp3) is 0.263. The molecule has 31 heavy (non-hydrogen) atoms. The van der Waals surface area contributed by atoms with Crippen molar-refractivity contribution >= 4 is 29.3 Å². The average Bonchev–Trinajstić information content (AvgIpc) is 3.39. The molecule has 3 rings (SSSR count). The van der Waals surface area contributed by atoms with Crippen LogP contribution in [0.3, 0.4) is 0 Å². The molecule has 12 heteroatoms. The maximum Gasteiger partial charge on any atom is 0.416 e. The van der Waals surface area contributed by atoms with Crippen LogP contribution in [0.2, 0.25) is 0 Å². The van der Waals surface area contributed by atoms with Crippen molar-refractivity contribution in [3.05, 3.63) is 48.2 Å². The summed E-state index contributed by atoms with van der Waals surface area (Å²) < 4.78 is 49.6. The number of halogens is 3. The van der Waals surface area contributed by atoms with E-state index in [9.17, 15) is 22.8 Å². The molecule has 8 nitrogen and oxygen atoms in total. The Morgan fingerprint density at radius 3 is 2.55 bits per heavy atom. The van der Waals surface area contributed by atoms with Crippen LogP contribution in [0.4, 0.5) is 18.9 Å². The van der Waals surface area contributed by atoms with Gasteiger partial charge in [0.05, 0.1) is 17.6 Å². The Bertz CT molecular complexity index is 1030. The first kappa shape index (κ1) is 22.4. The molecule has 0 saturated heterocycles. The lowest BCUT2D eigenvalue weighted by Gasteiger charge is -2.09. The van der Waals surface area contributed by atoms with Gasteiger partial charge in [0.2, 0.25) is 0 Å². The monoisotopic (exact) mass is 454 g/mol. The van der Waals surface area contributed by atoms with Crippen LogP contribution in [-0.4, -0.2) is 39.0 Å². The Morgan fingerprint density at radius 2 is 1.94 bits per heavy atom. The number of furan rings is 1. The maximum absolute atomic E-state index is 12.5. The molecule has 0 unspecified atom stereocenters. The van der Waals surface area contributed by atoms with Crippen LogP contribution in [0, 0.1) is 0 Å². The molecule has 0 aliphatic rings. The highest BCUT2D eigenvalue weighted by molar-refractivity contribution is 7.99. The van der Waals surface area contributed by atoms with Gasteiger partial charge in [0, 0.05) is 12.2 Å². The molecular weight excluding hydrogens is 437 g/mol. The summed E-state index contributed by atoms with van der Waals surface area (Å²) in [6, 6.07) is 7.40. The van der Waals surface area contributed by atoms with E-state index in [0.29, 0.717) is 23.3 Å². The third-order valence-corrected chi connectivity index (χ3v) is 4.89. The Hall–Kier alpha value is -3.28. The van der Waals surface area contributed by atoms with Crippen LogP contribution in [0.1, 0.15) is 12.5 Å². The zero-order chi connectivity index (χ0) is 22.4. The topological polar surface area (TPSA) is 99.2 Å². The van der Waals surface area contributed by atoms with Gasteiger partial charge < -0.3 is 14.5 Å². The number of anilines is 1. The lowest BCUT2D eigenvalue weighted by Crippen LogP contribution is -2.21. The van der Waals surface area contributed by atoms with Gasteiger partial charge in [0.1, 0.15) is 0 Å². The number of nitrogens with zero attached hydrogens (tertiary/aromatic N) is 3. The number of carbonyl (C=O) groups is 2. The number of carbonyl (C=O) groups excluding carboxylic acids is 2. The van der Waals surface area contributed by atoms with E-state index in [2.05, 4.69) is 15.5 Å². The van der Waals surface area contributed by atoms with Crippen molar-refractivity contribution in [2.75, 3.05) is 17.7 Å². The van der Waals surface area contributed by atoms with Crippen molar-refractivity contribution in [2.45, 2.75) is 24.8 Å². The lowest BCUT2D eigenvalue weighted by atomic mass is 10.2. The summed E-state index contributed by atoms with van der Waals surface area (Å²) in [4.78, 5) is 23.8. The van der Waals surface area contributed by atoms with E-state index in [1.54, 1.807) is 16.7 Å². The Kier molecular flexibility index (Phi) is 7.00. The van der Waals surface area contributed by atoms with E-state index in [0.717, 1.165) is 36.0 Å². The minimum Gasteiger partial charge on any atom is -0.461 e. The summed E-state index contributed by atoms with van der Waals surface area (Å²) in [5.41, 5.74) is -0.672. The standard InChI is InChI=1S/C19H17F3N4O4S/c1-2-26-17(14-4-3-9-29-14)24-25-18(26)31-11-16(28)30-10-15(27)23-13-7-5-12(6-8-13)19(20,21)22/h3-9H,2,10-11H2,1H3,(H,23,27). The van der Waals surface area contributed by atoms with E-state index in [4.69, 9.17) is 9.15 Å². The van der Waals surface area contributed by atoms with E-state index in [1.165, 1.54) is 6.26 Å². The molecule has 0 aliphatic carbocycles. The van der Waals surface area contributed by atoms with Gasteiger partial charge in [0.15, 0.2) is 23.3 Å². The highest BCUT2D eigenvalue weighted by atomic mass is 32.2. The number of hydrogen-bond acceptors (Lipinski definition) is 7. The van der Waals surface area contributed by atoms with Crippen molar-refractivity contribution in [1.82, 2.24) is 14.8 Å². The van der Waals surface area contributed by atoms with Crippen LogP contribution in [0.15, 0.2) is 52.2 Å². The van der Waals surface area contributed by atoms with Gasteiger partial charge >= 0.3 is 12.1 Å². The molecule has 0 aliphatic heterocycles. The van der Waals surface area contributed by atoms with E-state index < -0.39 is 30.2 Å². The van der Waals surface area contributed by atoms with Crippen molar-refractivity contribution < 1.29 is 31.9 Å². The molecule has 0 radical (unpaired) electrons. The smallest absolute Gasteiger partial charge is 0.416 e. The second kappa shape index (κ2) is 9.69. The molecule has 0 saturated carbocycles. The van der Waals surface area contributed by atoms with Crippen molar-refractivity contribution in [1.29, 1.82) is 0 Å². The number of aromatic nitrogens is 3. The van der Waals surface area contributed by atoms with Gasteiger partial charge in [-0.05, 0) is 43.3 Å². The van der Waals surface area contributed by atoms with Gasteiger partial charge in [-0.1, -0.05) is 11.8 Å². The molecule has 2 aromatic heterocycles. The van der Waals surface area contributed by atoms with Crippen LogP contribution < -0.4 is 5.32 Å². The summed E-state index contributed by atoms with van der Waals surface area (Å²) >= 11 is 1.09. The normalized spacial score (nSPS) is 11.4. The van der Waals surface area contributed by atoms with Crippen LogP contribution >= 0.6 is 11.8 Å². The SMILES string of the molecule is CCn1c(SCC(=O)OCC(=O)Nc2ccc(C(F)(F)F)cc2)nnc1-c1ccco1. The lowest BCUT2D eigenvalue weighted by molar-refractivity contribution is -0.144. The number of hydrogen-bond donors (Lipinski definition) is 1. The molecule has 2 heterocycles. The highest BCUT2D eigenvalue weighted by Gasteiger charge is 2.30. The Labute approximate surface area is 178 Å². The molecular formula is C19H17F3N4O4S. The molecule has 0 bridgehead atoms. The van der Waals surface area contributed by atoms with Gasteiger partial charge in [-0.15, -0.1) is 10.2 Å². The third kappa shape index (κ3) is 5.87. The van der Waals surface area contributed by atoms with Gasteiger partial charge in [-0.2, -0.15) is 13.2 Å². The second-order valence-electron chi connectivity index (χ2n) is 6.10.